The Morgan fingerprint density at radius 3 is 2.74 bits per heavy atom. The zero-order valence-electron chi connectivity index (χ0n) is 11.4. The number of carbonyl (C=O) groups is 1. The minimum Gasteiger partial charge on any atom is -0.468 e. The Hall–Kier alpha value is -1.42. The van der Waals surface area contributed by atoms with E-state index in [1.54, 1.807) is 0 Å². The molecule has 4 heteroatoms. The van der Waals surface area contributed by atoms with E-state index in [0.717, 1.165) is 5.56 Å². The first kappa shape index (κ1) is 14.0. The van der Waals surface area contributed by atoms with Crippen molar-refractivity contribution in [2.75, 3.05) is 13.7 Å². The van der Waals surface area contributed by atoms with Crippen LogP contribution in [0.2, 0.25) is 0 Å². The van der Waals surface area contributed by atoms with Gasteiger partial charge in [0.15, 0.2) is 0 Å². The minimum atomic E-state index is -0.914. The Morgan fingerprint density at radius 2 is 2.11 bits per heavy atom. The summed E-state index contributed by atoms with van der Waals surface area (Å²) >= 11 is 0. The van der Waals surface area contributed by atoms with Crippen LogP contribution < -0.4 is 0 Å². The Balaban J connectivity index is 2.18. The van der Waals surface area contributed by atoms with Crippen molar-refractivity contribution < 1.29 is 13.9 Å². The molecule has 1 aliphatic rings. The second-order valence-electron chi connectivity index (χ2n) is 4.99. The number of halogens is 1. The topological polar surface area (TPSA) is 29.5 Å². The van der Waals surface area contributed by atoms with E-state index < -0.39 is 12.2 Å². The molecule has 1 aromatic carbocycles. The summed E-state index contributed by atoms with van der Waals surface area (Å²) in [5, 5.41) is 0. The summed E-state index contributed by atoms with van der Waals surface area (Å²) in [7, 11) is 1.36. The summed E-state index contributed by atoms with van der Waals surface area (Å²) in [6.07, 6.45) is -0.211. The predicted molar refractivity (Wildman–Crippen MR) is 71.5 cm³/mol. The third kappa shape index (κ3) is 3.13. The summed E-state index contributed by atoms with van der Waals surface area (Å²) in [4.78, 5) is 13.9. The van der Waals surface area contributed by atoms with Crippen LogP contribution in [0.4, 0.5) is 4.39 Å². The smallest absolute Gasteiger partial charge is 0.323 e. The number of hydrogen-bond donors (Lipinski definition) is 0. The lowest BCUT2D eigenvalue weighted by molar-refractivity contribution is -0.150. The largest absolute Gasteiger partial charge is 0.468 e. The molecule has 3 atom stereocenters. The molecular formula is C15H20FNO2. The molecule has 0 bridgehead atoms. The summed E-state index contributed by atoms with van der Waals surface area (Å²) in [6, 6.07) is 9.56. The van der Waals surface area contributed by atoms with E-state index in [-0.39, 0.29) is 18.4 Å². The Bertz CT molecular complexity index is 423. The van der Waals surface area contributed by atoms with Crippen LogP contribution in [0.3, 0.4) is 0 Å². The summed E-state index contributed by atoms with van der Waals surface area (Å²) < 4.78 is 18.3. The number of rotatable bonds is 3. The number of ether oxygens (including phenoxy) is 1. The molecular weight excluding hydrogens is 245 g/mol. The minimum absolute atomic E-state index is 0.0813. The van der Waals surface area contributed by atoms with Gasteiger partial charge in [-0.2, -0.15) is 0 Å². The van der Waals surface area contributed by atoms with Gasteiger partial charge >= 0.3 is 5.97 Å². The van der Waals surface area contributed by atoms with Crippen LogP contribution in [0, 0.1) is 0 Å². The number of likely N-dealkylation sites (tertiary alicyclic amines) is 1. The van der Waals surface area contributed by atoms with E-state index >= 15 is 0 Å². The van der Waals surface area contributed by atoms with E-state index in [2.05, 4.69) is 0 Å². The Kier molecular flexibility index (Phi) is 4.53. The fraction of sp³-hybridized carbons (Fsp3) is 0.533. The molecule has 0 amide bonds. The second kappa shape index (κ2) is 6.15. The van der Waals surface area contributed by atoms with Crippen molar-refractivity contribution in [3.8, 4) is 0 Å². The average Bonchev–Trinajstić information content (AvgIpc) is 2.46. The first-order valence-corrected chi connectivity index (χ1v) is 6.66. The van der Waals surface area contributed by atoms with Crippen molar-refractivity contribution in [3.63, 3.8) is 0 Å². The molecule has 1 heterocycles. The van der Waals surface area contributed by atoms with Gasteiger partial charge in [-0.3, -0.25) is 9.69 Å². The lowest BCUT2D eigenvalue weighted by Gasteiger charge is -2.39. The molecule has 0 N–H and O–H groups in total. The first-order valence-electron chi connectivity index (χ1n) is 6.66. The van der Waals surface area contributed by atoms with Gasteiger partial charge in [0.05, 0.1) is 7.11 Å². The van der Waals surface area contributed by atoms with E-state index in [4.69, 9.17) is 4.74 Å². The average molecular weight is 265 g/mol. The highest BCUT2D eigenvalue weighted by Gasteiger charge is 2.36. The van der Waals surface area contributed by atoms with E-state index in [1.165, 1.54) is 7.11 Å². The number of benzene rings is 1. The molecule has 0 spiro atoms. The summed E-state index contributed by atoms with van der Waals surface area (Å²) in [6.45, 7) is 2.63. The lowest BCUT2D eigenvalue weighted by atomic mass is 9.96. The number of piperidine rings is 1. The Morgan fingerprint density at radius 1 is 1.42 bits per heavy atom. The summed E-state index contributed by atoms with van der Waals surface area (Å²) in [5.74, 6) is -0.342. The van der Waals surface area contributed by atoms with Crippen LogP contribution in [0.5, 0.6) is 0 Å². The van der Waals surface area contributed by atoms with Crippen LogP contribution in [-0.4, -0.2) is 36.7 Å². The van der Waals surface area contributed by atoms with E-state index in [0.29, 0.717) is 13.0 Å². The van der Waals surface area contributed by atoms with Crippen molar-refractivity contribution in [1.29, 1.82) is 0 Å². The third-order valence-corrected chi connectivity index (χ3v) is 3.83. The maximum atomic E-state index is 13.5. The van der Waals surface area contributed by atoms with Gasteiger partial charge < -0.3 is 4.74 Å². The van der Waals surface area contributed by atoms with Crippen molar-refractivity contribution in [3.05, 3.63) is 35.9 Å². The molecule has 104 valence electrons. The Labute approximate surface area is 113 Å². The zero-order chi connectivity index (χ0) is 13.8. The maximum absolute atomic E-state index is 13.5. The number of methoxy groups -OCH3 is 1. The molecule has 1 fully saturated rings. The maximum Gasteiger partial charge on any atom is 0.323 e. The van der Waals surface area contributed by atoms with Gasteiger partial charge in [-0.15, -0.1) is 0 Å². The van der Waals surface area contributed by atoms with Crippen LogP contribution in [0.25, 0.3) is 0 Å². The van der Waals surface area contributed by atoms with Crippen LogP contribution in [-0.2, 0) is 9.53 Å². The highest BCUT2D eigenvalue weighted by molar-refractivity contribution is 5.76. The molecule has 1 aliphatic heterocycles. The number of nitrogens with zero attached hydrogens (tertiary/aromatic N) is 1. The quantitative estimate of drug-likeness (QED) is 0.787. The standard InChI is InChI=1S/C15H20FNO2/c1-11(12-6-4-3-5-7-12)17-9-8-13(16)10-14(17)15(18)19-2/h3-7,11,13-14H,8-10H2,1-2H3/t11-,13+,14+/m1/s1. The van der Waals surface area contributed by atoms with Gasteiger partial charge in [0.2, 0.25) is 0 Å². The molecule has 0 radical (unpaired) electrons. The monoisotopic (exact) mass is 265 g/mol. The van der Waals surface area contributed by atoms with Gasteiger partial charge in [0.1, 0.15) is 12.2 Å². The van der Waals surface area contributed by atoms with Gasteiger partial charge in [0, 0.05) is 19.0 Å². The lowest BCUT2D eigenvalue weighted by Crippen LogP contribution is -2.49. The van der Waals surface area contributed by atoms with E-state index in [9.17, 15) is 9.18 Å². The first-order chi connectivity index (χ1) is 9.13. The fourth-order valence-electron chi connectivity index (χ4n) is 2.69. The van der Waals surface area contributed by atoms with Gasteiger partial charge in [-0.25, -0.2) is 4.39 Å². The molecule has 0 aliphatic carbocycles. The highest BCUT2D eigenvalue weighted by Crippen LogP contribution is 2.30. The second-order valence-corrected chi connectivity index (χ2v) is 4.99. The van der Waals surface area contributed by atoms with Gasteiger partial charge in [-0.05, 0) is 18.9 Å². The number of hydrogen-bond acceptors (Lipinski definition) is 3. The molecule has 1 aromatic rings. The molecule has 0 saturated carbocycles. The SMILES string of the molecule is COC(=O)[C@@H]1C[C@@H](F)CCN1[C@H](C)c1ccccc1. The molecule has 0 aromatic heterocycles. The van der Waals surface area contributed by atoms with Crippen molar-refractivity contribution in [1.82, 2.24) is 4.90 Å². The van der Waals surface area contributed by atoms with Crippen molar-refractivity contribution in [2.24, 2.45) is 0 Å². The van der Waals surface area contributed by atoms with Crippen LogP contribution in [0.15, 0.2) is 30.3 Å². The molecule has 1 saturated heterocycles. The molecule has 19 heavy (non-hydrogen) atoms. The van der Waals surface area contributed by atoms with Crippen molar-refractivity contribution in [2.45, 2.75) is 38.0 Å². The third-order valence-electron chi connectivity index (χ3n) is 3.83. The zero-order valence-corrected chi connectivity index (χ0v) is 11.4. The number of alkyl halides is 1. The molecule has 2 rings (SSSR count). The number of carbonyl (C=O) groups excluding carboxylic acids is 1. The van der Waals surface area contributed by atoms with Gasteiger partial charge in [0.25, 0.3) is 0 Å². The normalized spacial score (nSPS) is 25.8. The van der Waals surface area contributed by atoms with Crippen molar-refractivity contribution >= 4 is 5.97 Å². The predicted octanol–water partition coefficient (Wildman–Crippen LogP) is 2.72. The van der Waals surface area contributed by atoms with Crippen LogP contribution in [0.1, 0.15) is 31.4 Å². The number of esters is 1. The highest BCUT2D eigenvalue weighted by atomic mass is 19.1. The molecule has 0 unspecified atom stereocenters. The van der Waals surface area contributed by atoms with Crippen LogP contribution >= 0.6 is 0 Å². The molecule has 3 nitrogen and oxygen atoms in total. The van der Waals surface area contributed by atoms with E-state index in [1.807, 2.05) is 42.2 Å². The summed E-state index contributed by atoms with van der Waals surface area (Å²) in [5.41, 5.74) is 1.13. The van der Waals surface area contributed by atoms with Gasteiger partial charge in [-0.1, -0.05) is 30.3 Å². The fourth-order valence-corrected chi connectivity index (χ4v) is 2.69.